The van der Waals surface area contributed by atoms with E-state index in [0.29, 0.717) is 38.2 Å². The fourth-order valence-electron chi connectivity index (χ4n) is 3.45. The molecule has 1 aliphatic rings. The molecule has 0 saturated carbocycles. The minimum atomic E-state index is -0.534. The Balaban J connectivity index is 1.68. The van der Waals surface area contributed by atoms with Crippen molar-refractivity contribution in [2.45, 2.75) is 46.1 Å². The standard InChI is InChI=1S/C21H28ClN5O3/c1-5-26(17-14-27(24-18(17)22)16-7-6-10-23-13-16)19(28)15-8-11-25(12-9-15)20(29)30-21(2,3)4/h6-7,10,13-15H,5,8-9,11-12H2,1-4H3. The highest BCUT2D eigenvalue weighted by atomic mass is 35.5. The molecule has 9 heteroatoms. The summed E-state index contributed by atoms with van der Waals surface area (Å²) in [5.74, 6) is -0.185. The lowest BCUT2D eigenvalue weighted by Gasteiger charge is -2.34. The van der Waals surface area contributed by atoms with E-state index in [-0.39, 0.29) is 23.1 Å². The van der Waals surface area contributed by atoms with Crippen molar-refractivity contribution < 1.29 is 14.3 Å². The van der Waals surface area contributed by atoms with Gasteiger partial charge in [0.2, 0.25) is 5.91 Å². The summed E-state index contributed by atoms with van der Waals surface area (Å²) in [5, 5.41) is 4.59. The van der Waals surface area contributed by atoms with Gasteiger partial charge >= 0.3 is 6.09 Å². The molecule has 3 rings (SSSR count). The Morgan fingerprint density at radius 2 is 2.00 bits per heavy atom. The molecule has 0 spiro atoms. The summed E-state index contributed by atoms with van der Waals surface area (Å²) in [6.07, 6.45) is 5.95. The van der Waals surface area contributed by atoms with Gasteiger partial charge in [0.15, 0.2) is 5.15 Å². The summed E-state index contributed by atoms with van der Waals surface area (Å²) in [6, 6.07) is 3.68. The van der Waals surface area contributed by atoms with Crippen LogP contribution >= 0.6 is 11.6 Å². The first-order valence-electron chi connectivity index (χ1n) is 10.1. The second-order valence-electron chi connectivity index (χ2n) is 8.29. The lowest BCUT2D eigenvalue weighted by atomic mass is 9.95. The van der Waals surface area contributed by atoms with E-state index in [1.807, 2.05) is 39.8 Å². The number of anilines is 1. The van der Waals surface area contributed by atoms with Crippen LogP contribution in [0.15, 0.2) is 30.7 Å². The molecule has 0 unspecified atom stereocenters. The van der Waals surface area contributed by atoms with Crippen molar-refractivity contribution in [2.75, 3.05) is 24.5 Å². The minimum Gasteiger partial charge on any atom is -0.444 e. The van der Waals surface area contributed by atoms with E-state index in [0.717, 1.165) is 5.69 Å². The molecule has 2 aromatic heterocycles. The van der Waals surface area contributed by atoms with Crippen molar-refractivity contribution in [1.82, 2.24) is 19.7 Å². The number of hydrogen-bond acceptors (Lipinski definition) is 5. The maximum absolute atomic E-state index is 13.2. The normalized spacial score (nSPS) is 15.2. The van der Waals surface area contributed by atoms with Gasteiger partial charge in [-0.15, -0.1) is 0 Å². The molecule has 0 atom stereocenters. The fourth-order valence-corrected chi connectivity index (χ4v) is 3.68. The van der Waals surface area contributed by atoms with E-state index in [1.54, 1.807) is 33.1 Å². The predicted octanol–water partition coefficient (Wildman–Crippen LogP) is 3.92. The van der Waals surface area contributed by atoms with E-state index in [4.69, 9.17) is 16.3 Å². The van der Waals surface area contributed by atoms with Gasteiger partial charge in [-0.25, -0.2) is 9.48 Å². The van der Waals surface area contributed by atoms with Crippen molar-refractivity contribution in [3.05, 3.63) is 35.9 Å². The van der Waals surface area contributed by atoms with E-state index in [2.05, 4.69) is 10.1 Å². The molecule has 0 aliphatic carbocycles. The number of carbonyl (C=O) groups excluding carboxylic acids is 2. The number of pyridine rings is 1. The monoisotopic (exact) mass is 433 g/mol. The highest BCUT2D eigenvalue weighted by Crippen LogP contribution is 2.29. The first-order chi connectivity index (χ1) is 14.2. The molecule has 0 bridgehead atoms. The third kappa shape index (κ3) is 5.11. The van der Waals surface area contributed by atoms with Crippen LogP contribution in [0.25, 0.3) is 5.69 Å². The Morgan fingerprint density at radius 1 is 1.30 bits per heavy atom. The smallest absolute Gasteiger partial charge is 0.410 e. The molecule has 1 fully saturated rings. The Kier molecular flexibility index (Phi) is 6.65. The number of hydrogen-bond donors (Lipinski definition) is 0. The Hall–Kier alpha value is -2.61. The minimum absolute atomic E-state index is 0.00558. The molecule has 0 radical (unpaired) electrons. The second kappa shape index (κ2) is 9.04. The predicted molar refractivity (Wildman–Crippen MR) is 115 cm³/mol. The molecule has 162 valence electrons. The highest BCUT2D eigenvalue weighted by molar-refractivity contribution is 6.32. The quantitative estimate of drug-likeness (QED) is 0.729. The highest BCUT2D eigenvalue weighted by Gasteiger charge is 2.33. The van der Waals surface area contributed by atoms with Crippen molar-refractivity contribution >= 4 is 29.3 Å². The van der Waals surface area contributed by atoms with Crippen LogP contribution in [-0.4, -0.2) is 56.9 Å². The number of ether oxygens (including phenoxy) is 1. The van der Waals surface area contributed by atoms with Crippen molar-refractivity contribution in [1.29, 1.82) is 0 Å². The molecule has 30 heavy (non-hydrogen) atoms. The molecule has 1 aliphatic heterocycles. The Labute approximate surface area is 181 Å². The zero-order chi connectivity index (χ0) is 21.9. The van der Waals surface area contributed by atoms with Crippen molar-refractivity contribution in [3.63, 3.8) is 0 Å². The van der Waals surface area contributed by atoms with Crippen molar-refractivity contribution in [3.8, 4) is 5.69 Å². The van der Waals surface area contributed by atoms with E-state index in [1.165, 1.54) is 0 Å². The van der Waals surface area contributed by atoms with E-state index < -0.39 is 5.60 Å². The maximum atomic E-state index is 13.2. The van der Waals surface area contributed by atoms with Crippen LogP contribution in [-0.2, 0) is 9.53 Å². The lowest BCUT2D eigenvalue weighted by molar-refractivity contribution is -0.123. The SMILES string of the molecule is CCN(C(=O)C1CCN(C(=O)OC(C)(C)C)CC1)c1cn(-c2cccnc2)nc1Cl. The largest absolute Gasteiger partial charge is 0.444 e. The molecule has 2 amide bonds. The van der Waals surface area contributed by atoms with Crippen LogP contribution in [0.3, 0.4) is 0 Å². The number of nitrogens with zero attached hydrogens (tertiary/aromatic N) is 5. The molecule has 0 aromatic carbocycles. The fraction of sp³-hybridized carbons (Fsp3) is 0.524. The van der Waals surface area contributed by atoms with E-state index in [9.17, 15) is 9.59 Å². The molecular weight excluding hydrogens is 406 g/mol. The molecule has 8 nitrogen and oxygen atoms in total. The number of amides is 2. The van der Waals surface area contributed by atoms with Crippen LogP contribution in [0, 0.1) is 5.92 Å². The summed E-state index contributed by atoms with van der Waals surface area (Å²) in [7, 11) is 0. The summed E-state index contributed by atoms with van der Waals surface area (Å²) in [4.78, 5) is 32.9. The van der Waals surface area contributed by atoms with Gasteiger partial charge in [-0.05, 0) is 52.7 Å². The van der Waals surface area contributed by atoms with Gasteiger partial charge in [-0.3, -0.25) is 9.78 Å². The van der Waals surface area contributed by atoms with Crippen LogP contribution in [0.4, 0.5) is 10.5 Å². The topological polar surface area (TPSA) is 80.6 Å². The van der Waals surface area contributed by atoms with Gasteiger partial charge in [0, 0.05) is 31.7 Å². The summed E-state index contributed by atoms with van der Waals surface area (Å²) in [5.41, 5.74) is 0.802. The summed E-state index contributed by atoms with van der Waals surface area (Å²) in [6.45, 7) is 8.90. The third-order valence-corrected chi connectivity index (χ3v) is 5.20. The van der Waals surface area contributed by atoms with E-state index >= 15 is 0 Å². The van der Waals surface area contributed by atoms with Gasteiger partial charge in [0.05, 0.1) is 18.1 Å². The number of halogens is 1. The second-order valence-corrected chi connectivity index (χ2v) is 8.64. The van der Waals surface area contributed by atoms with Gasteiger partial charge in [-0.2, -0.15) is 5.10 Å². The van der Waals surface area contributed by atoms with Gasteiger partial charge in [0.1, 0.15) is 11.3 Å². The number of rotatable bonds is 4. The first kappa shape index (κ1) is 22.1. The zero-order valence-corrected chi connectivity index (χ0v) is 18.6. The molecule has 1 saturated heterocycles. The average molecular weight is 434 g/mol. The van der Waals surface area contributed by atoms with Crippen molar-refractivity contribution in [2.24, 2.45) is 5.92 Å². The summed E-state index contributed by atoms with van der Waals surface area (Å²) >= 11 is 6.36. The molecule has 0 N–H and O–H groups in total. The maximum Gasteiger partial charge on any atom is 0.410 e. The number of carbonyl (C=O) groups is 2. The molecule has 2 aromatic rings. The number of aromatic nitrogens is 3. The van der Waals surface area contributed by atoms with Crippen LogP contribution in [0.2, 0.25) is 5.15 Å². The number of likely N-dealkylation sites (tertiary alicyclic amines) is 1. The van der Waals surface area contributed by atoms with Gasteiger partial charge < -0.3 is 14.5 Å². The zero-order valence-electron chi connectivity index (χ0n) is 17.8. The van der Waals surface area contributed by atoms with Crippen LogP contribution < -0.4 is 4.90 Å². The number of piperidine rings is 1. The van der Waals surface area contributed by atoms with Gasteiger partial charge in [0.25, 0.3) is 0 Å². The molecule has 3 heterocycles. The van der Waals surface area contributed by atoms with Gasteiger partial charge in [-0.1, -0.05) is 11.6 Å². The molecular formula is C21H28ClN5O3. The van der Waals surface area contributed by atoms with Crippen LogP contribution in [0.5, 0.6) is 0 Å². The first-order valence-corrected chi connectivity index (χ1v) is 10.5. The third-order valence-electron chi connectivity index (χ3n) is 4.93. The van der Waals surface area contributed by atoms with Crippen LogP contribution in [0.1, 0.15) is 40.5 Å². The Bertz CT molecular complexity index is 886. The summed E-state index contributed by atoms with van der Waals surface area (Å²) < 4.78 is 7.05. The average Bonchev–Trinajstić information content (AvgIpc) is 3.09. The lowest BCUT2D eigenvalue weighted by Crippen LogP contribution is -2.46. The Morgan fingerprint density at radius 3 is 2.57 bits per heavy atom.